The highest BCUT2D eigenvalue weighted by Crippen LogP contribution is 2.32. The molecular weight excluding hydrogens is 304 g/mol. The third-order valence-electron chi connectivity index (χ3n) is 4.26. The van der Waals surface area contributed by atoms with Crippen molar-refractivity contribution in [2.24, 2.45) is 0 Å². The molecule has 0 unspecified atom stereocenters. The lowest BCUT2D eigenvalue weighted by Gasteiger charge is -2.34. The minimum absolute atomic E-state index is 0.0493. The topological polar surface area (TPSA) is 49.9 Å². The van der Waals surface area contributed by atoms with Crippen molar-refractivity contribution in [3.8, 4) is 5.75 Å². The lowest BCUT2D eigenvalue weighted by molar-refractivity contribution is -0.122. The second-order valence-electron chi connectivity index (χ2n) is 5.77. The summed E-state index contributed by atoms with van der Waals surface area (Å²) in [5, 5.41) is 0. The van der Waals surface area contributed by atoms with Crippen LogP contribution in [0.2, 0.25) is 0 Å². The fraction of sp³-hybridized carbons (Fsp3) is 0.263. The molecule has 0 aliphatic carbocycles. The van der Waals surface area contributed by atoms with Crippen LogP contribution in [0, 0.1) is 0 Å². The van der Waals surface area contributed by atoms with Gasteiger partial charge in [0.2, 0.25) is 11.8 Å². The van der Waals surface area contributed by atoms with E-state index >= 15 is 0 Å². The Labute approximate surface area is 141 Å². The molecule has 3 rings (SSSR count). The summed E-state index contributed by atoms with van der Waals surface area (Å²) in [6.45, 7) is 0.0878. The molecule has 124 valence electrons. The zero-order chi connectivity index (χ0) is 17.1. The first-order chi connectivity index (χ1) is 11.6. The molecule has 2 aromatic rings. The van der Waals surface area contributed by atoms with Crippen molar-refractivity contribution in [1.82, 2.24) is 0 Å². The van der Waals surface area contributed by atoms with Crippen LogP contribution in [0.3, 0.4) is 0 Å². The number of aryl methyl sites for hydroxylation is 1. The molecule has 0 aromatic heterocycles. The standard InChI is InChI=1S/C19H20N2O3/c1-20-16-8-3-4-9-17(16)21(13-19(20)23)18(22)11-10-14-6-5-7-15(12-14)24-2/h3-9,12H,10-11,13H2,1-2H3. The number of anilines is 2. The smallest absolute Gasteiger partial charge is 0.246 e. The number of carbonyl (C=O) groups excluding carboxylic acids is 2. The number of para-hydroxylation sites is 2. The third-order valence-corrected chi connectivity index (χ3v) is 4.26. The van der Waals surface area contributed by atoms with Gasteiger partial charge in [-0.2, -0.15) is 0 Å². The zero-order valence-corrected chi connectivity index (χ0v) is 13.9. The van der Waals surface area contributed by atoms with Gasteiger partial charge in [-0.25, -0.2) is 0 Å². The van der Waals surface area contributed by atoms with Crippen LogP contribution in [0.25, 0.3) is 0 Å². The van der Waals surface area contributed by atoms with E-state index in [-0.39, 0.29) is 18.4 Å². The van der Waals surface area contributed by atoms with E-state index in [1.54, 1.807) is 24.0 Å². The number of carbonyl (C=O) groups is 2. The maximum atomic E-state index is 12.7. The summed E-state index contributed by atoms with van der Waals surface area (Å²) in [5.74, 6) is 0.648. The summed E-state index contributed by atoms with van der Waals surface area (Å²) in [4.78, 5) is 28.0. The number of benzene rings is 2. The second kappa shape index (κ2) is 6.74. The van der Waals surface area contributed by atoms with Crippen LogP contribution in [0.4, 0.5) is 11.4 Å². The molecule has 0 saturated heterocycles. The summed E-state index contributed by atoms with van der Waals surface area (Å²) in [6, 6.07) is 15.2. The van der Waals surface area contributed by atoms with Gasteiger partial charge in [0.1, 0.15) is 12.3 Å². The Kier molecular flexibility index (Phi) is 4.51. The first kappa shape index (κ1) is 16.1. The predicted octanol–water partition coefficient (Wildman–Crippen LogP) is 2.64. The molecule has 0 radical (unpaired) electrons. The molecule has 5 heteroatoms. The second-order valence-corrected chi connectivity index (χ2v) is 5.77. The van der Waals surface area contributed by atoms with E-state index in [1.165, 1.54) is 0 Å². The van der Waals surface area contributed by atoms with Crippen molar-refractivity contribution in [2.45, 2.75) is 12.8 Å². The highest BCUT2D eigenvalue weighted by atomic mass is 16.5. The summed E-state index contributed by atoms with van der Waals surface area (Å²) in [7, 11) is 3.36. The highest BCUT2D eigenvalue weighted by molar-refractivity contribution is 6.10. The van der Waals surface area contributed by atoms with E-state index in [0.29, 0.717) is 12.8 Å². The first-order valence-corrected chi connectivity index (χ1v) is 7.89. The molecule has 0 spiro atoms. The van der Waals surface area contributed by atoms with Crippen molar-refractivity contribution in [2.75, 3.05) is 30.5 Å². The van der Waals surface area contributed by atoms with E-state index < -0.39 is 0 Å². The van der Waals surface area contributed by atoms with Gasteiger partial charge in [-0.3, -0.25) is 9.59 Å². The highest BCUT2D eigenvalue weighted by Gasteiger charge is 2.29. The summed E-state index contributed by atoms with van der Waals surface area (Å²) in [6.07, 6.45) is 0.956. The van der Waals surface area contributed by atoms with E-state index in [9.17, 15) is 9.59 Å². The largest absolute Gasteiger partial charge is 0.497 e. The van der Waals surface area contributed by atoms with Crippen LogP contribution in [0.5, 0.6) is 5.75 Å². The lowest BCUT2D eigenvalue weighted by atomic mass is 10.1. The summed E-state index contributed by atoms with van der Waals surface area (Å²) in [5.41, 5.74) is 2.59. The van der Waals surface area contributed by atoms with Crippen molar-refractivity contribution in [3.05, 3.63) is 54.1 Å². The van der Waals surface area contributed by atoms with Gasteiger partial charge in [-0.05, 0) is 36.2 Å². The van der Waals surface area contributed by atoms with Crippen molar-refractivity contribution in [3.63, 3.8) is 0 Å². The van der Waals surface area contributed by atoms with Crippen LogP contribution in [0.15, 0.2) is 48.5 Å². The van der Waals surface area contributed by atoms with E-state index in [2.05, 4.69) is 0 Å². The number of rotatable bonds is 4. The summed E-state index contributed by atoms with van der Waals surface area (Å²) >= 11 is 0. The Morgan fingerprint density at radius 3 is 2.62 bits per heavy atom. The van der Waals surface area contributed by atoms with Gasteiger partial charge in [-0.15, -0.1) is 0 Å². The Morgan fingerprint density at radius 1 is 1.12 bits per heavy atom. The zero-order valence-electron chi connectivity index (χ0n) is 13.9. The molecule has 2 aromatic carbocycles. The van der Waals surface area contributed by atoms with Crippen LogP contribution in [0.1, 0.15) is 12.0 Å². The molecule has 24 heavy (non-hydrogen) atoms. The number of hydrogen-bond donors (Lipinski definition) is 0. The molecule has 0 atom stereocenters. The number of methoxy groups -OCH3 is 1. The average molecular weight is 324 g/mol. The molecule has 0 N–H and O–H groups in total. The lowest BCUT2D eigenvalue weighted by Crippen LogP contribution is -2.46. The van der Waals surface area contributed by atoms with E-state index in [4.69, 9.17) is 4.74 Å². The van der Waals surface area contributed by atoms with Crippen LogP contribution in [-0.4, -0.2) is 32.5 Å². The minimum Gasteiger partial charge on any atom is -0.497 e. The predicted molar refractivity (Wildman–Crippen MR) is 93.5 cm³/mol. The monoisotopic (exact) mass is 324 g/mol. The maximum absolute atomic E-state index is 12.7. The Bertz CT molecular complexity index is 773. The Morgan fingerprint density at radius 2 is 1.88 bits per heavy atom. The van der Waals surface area contributed by atoms with Crippen molar-refractivity contribution < 1.29 is 14.3 Å². The third kappa shape index (κ3) is 3.11. The molecule has 0 fully saturated rings. The van der Waals surface area contributed by atoms with Crippen LogP contribution >= 0.6 is 0 Å². The number of hydrogen-bond acceptors (Lipinski definition) is 3. The van der Waals surface area contributed by atoms with Gasteiger partial charge in [0.05, 0.1) is 18.5 Å². The molecule has 0 saturated carbocycles. The quantitative estimate of drug-likeness (QED) is 0.869. The van der Waals surface area contributed by atoms with Crippen LogP contribution in [-0.2, 0) is 16.0 Å². The van der Waals surface area contributed by atoms with Gasteiger partial charge < -0.3 is 14.5 Å². The van der Waals surface area contributed by atoms with E-state index in [1.807, 2.05) is 48.5 Å². The van der Waals surface area contributed by atoms with Gasteiger partial charge in [0, 0.05) is 13.5 Å². The molecule has 2 amide bonds. The number of fused-ring (bicyclic) bond motifs is 1. The minimum atomic E-state index is -0.0802. The average Bonchev–Trinajstić information content (AvgIpc) is 2.63. The Hall–Kier alpha value is -2.82. The fourth-order valence-corrected chi connectivity index (χ4v) is 2.87. The molecule has 1 aliphatic rings. The number of likely N-dealkylation sites (N-methyl/N-ethyl adjacent to an activating group) is 1. The van der Waals surface area contributed by atoms with Crippen LogP contribution < -0.4 is 14.5 Å². The molecular formula is C19H20N2O3. The molecule has 0 bridgehead atoms. The SMILES string of the molecule is COc1cccc(CCC(=O)N2CC(=O)N(C)c3ccccc32)c1. The fourth-order valence-electron chi connectivity index (χ4n) is 2.87. The maximum Gasteiger partial charge on any atom is 0.246 e. The molecule has 1 aliphatic heterocycles. The number of ether oxygens (including phenoxy) is 1. The van der Waals surface area contributed by atoms with Crippen molar-refractivity contribution >= 4 is 23.2 Å². The van der Waals surface area contributed by atoms with E-state index in [0.717, 1.165) is 22.7 Å². The summed E-state index contributed by atoms with van der Waals surface area (Å²) < 4.78 is 5.20. The van der Waals surface area contributed by atoms with Gasteiger partial charge in [0.25, 0.3) is 0 Å². The number of amides is 2. The van der Waals surface area contributed by atoms with Crippen molar-refractivity contribution in [1.29, 1.82) is 0 Å². The van der Waals surface area contributed by atoms with Gasteiger partial charge in [0.15, 0.2) is 0 Å². The molecule has 1 heterocycles. The van der Waals surface area contributed by atoms with Gasteiger partial charge >= 0.3 is 0 Å². The normalized spacial score (nSPS) is 13.7. The Balaban J connectivity index is 1.75. The van der Waals surface area contributed by atoms with Gasteiger partial charge in [-0.1, -0.05) is 24.3 Å². The number of nitrogens with zero attached hydrogens (tertiary/aromatic N) is 2. The molecule has 5 nitrogen and oxygen atoms in total. The first-order valence-electron chi connectivity index (χ1n) is 7.89.